The first-order valence-corrected chi connectivity index (χ1v) is 7.70. The minimum Gasteiger partial charge on any atom is -0.391 e. The summed E-state index contributed by atoms with van der Waals surface area (Å²) >= 11 is 0. The lowest BCUT2D eigenvalue weighted by Crippen LogP contribution is -2.36. The van der Waals surface area contributed by atoms with E-state index in [9.17, 15) is 5.11 Å². The summed E-state index contributed by atoms with van der Waals surface area (Å²) in [4.78, 5) is 7.16. The normalized spacial score (nSPS) is 28.3. The number of aromatic nitrogens is 2. The minimum absolute atomic E-state index is 0.182. The SMILES string of the molecule is CCN1CCCC(Cc2ncc3n2CC(O)CC3)C1. The Balaban J connectivity index is 1.68. The first-order valence-electron chi connectivity index (χ1n) is 7.70. The van der Waals surface area contributed by atoms with Crippen LogP contribution in [0.2, 0.25) is 0 Å². The molecule has 4 heteroatoms. The lowest BCUT2D eigenvalue weighted by Gasteiger charge is -2.32. The molecule has 3 rings (SSSR count). The molecule has 0 spiro atoms. The van der Waals surface area contributed by atoms with Crippen LogP contribution in [0.4, 0.5) is 0 Å². The second-order valence-corrected chi connectivity index (χ2v) is 6.07. The molecule has 1 aromatic heterocycles. The van der Waals surface area contributed by atoms with Crippen molar-refractivity contribution in [1.29, 1.82) is 0 Å². The molecule has 0 radical (unpaired) electrons. The van der Waals surface area contributed by atoms with Crippen LogP contribution in [0.1, 0.15) is 37.7 Å². The fourth-order valence-electron chi connectivity index (χ4n) is 3.52. The van der Waals surface area contributed by atoms with Gasteiger partial charge in [-0.1, -0.05) is 6.92 Å². The summed E-state index contributed by atoms with van der Waals surface area (Å²) in [7, 11) is 0. The molecule has 2 aliphatic heterocycles. The summed E-state index contributed by atoms with van der Waals surface area (Å²) in [6.07, 6.45) is 7.40. The molecular formula is C15H25N3O. The highest BCUT2D eigenvalue weighted by molar-refractivity contribution is 5.09. The van der Waals surface area contributed by atoms with E-state index in [1.807, 2.05) is 6.20 Å². The van der Waals surface area contributed by atoms with E-state index in [0.29, 0.717) is 0 Å². The monoisotopic (exact) mass is 263 g/mol. The van der Waals surface area contributed by atoms with Crippen LogP contribution in [0.25, 0.3) is 0 Å². The highest BCUT2D eigenvalue weighted by Gasteiger charge is 2.24. The van der Waals surface area contributed by atoms with Gasteiger partial charge in [0.1, 0.15) is 5.82 Å². The average Bonchev–Trinajstić information content (AvgIpc) is 2.81. The van der Waals surface area contributed by atoms with Crippen LogP contribution in [0.15, 0.2) is 6.20 Å². The number of imidazole rings is 1. The van der Waals surface area contributed by atoms with E-state index in [1.165, 1.54) is 37.4 Å². The van der Waals surface area contributed by atoms with E-state index in [0.717, 1.165) is 38.3 Å². The molecule has 0 aliphatic carbocycles. The molecule has 2 atom stereocenters. The van der Waals surface area contributed by atoms with Gasteiger partial charge in [0.2, 0.25) is 0 Å². The van der Waals surface area contributed by atoms with Gasteiger partial charge in [-0.15, -0.1) is 0 Å². The number of likely N-dealkylation sites (tertiary alicyclic amines) is 1. The van der Waals surface area contributed by atoms with Gasteiger partial charge in [-0.25, -0.2) is 4.98 Å². The summed E-state index contributed by atoms with van der Waals surface area (Å²) in [5.41, 5.74) is 1.31. The van der Waals surface area contributed by atoms with E-state index in [1.54, 1.807) is 0 Å². The van der Waals surface area contributed by atoms with Crippen molar-refractivity contribution in [3.05, 3.63) is 17.7 Å². The molecule has 1 fully saturated rings. The number of piperidine rings is 1. The molecule has 0 aromatic carbocycles. The van der Waals surface area contributed by atoms with Gasteiger partial charge in [-0.2, -0.15) is 0 Å². The molecule has 1 N–H and O–H groups in total. The van der Waals surface area contributed by atoms with Crippen molar-refractivity contribution < 1.29 is 5.11 Å². The van der Waals surface area contributed by atoms with Crippen LogP contribution >= 0.6 is 0 Å². The Morgan fingerprint density at radius 1 is 1.37 bits per heavy atom. The molecule has 2 aliphatic rings. The number of aryl methyl sites for hydroxylation is 1. The number of hydrogen-bond donors (Lipinski definition) is 1. The zero-order valence-electron chi connectivity index (χ0n) is 11.9. The Bertz CT molecular complexity index is 429. The quantitative estimate of drug-likeness (QED) is 0.898. The highest BCUT2D eigenvalue weighted by atomic mass is 16.3. The molecule has 1 saturated heterocycles. The number of hydrogen-bond acceptors (Lipinski definition) is 3. The van der Waals surface area contributed by atoms with Crippen molar-refractivity contribution in [1.82, 2.24) is 14.5 Å². The lowest BCUT2D eigenvalue weighted by atomic mass is 9.94. The molecule has 19 heavy (non-hydrogen) atoms. The number of aliphatic hydroxyl groups is 1. The van der Waals surface area contributed by atoms with Crippen LogP contribution in [0.5, 0.6) is 0 Å². The molecule has 0 amide bonds. The topological polar surface area (TPSA) is 41.3 Å². The third-order valence-electron chi connectivity index (χ3n) is 4.67. The largest absolute Gasteiger partial charge is 0.391 e. The maximum Gasteiger partial charge on any atom is 0.109 e. The van der Waals surface area contributed by atoms with Crippen LogP contribution in [0, 0.1) is 5.92 Å². The van der Waals surface area contributed by atoms with Crippen molar-refractivity contribution in [2.24, 2.45) is 5.92 Å². The third-order valence-corrected chi connectivity index (χ3v) is 4.67. The van der Waals surface area contributed by atoms with Gasteiger partial charge in [0, 0.05) is 24.9 Å². The van der Waals surface area contributed by atoms with Crippen molar-refractivity contribution in [3.63, 3.8) is 0 Å². The Labute approximate surface area is 115 Å². The zero-order valence-corrected chi connectivity index (χ0v) is 11.9. The number of aliphatic hydroxyl groups excluding tert-OH is 1. The third kappa shape index (κ3) is 2.84. The summed E-state index contributed by atoms with van der Waals surface area (Å²) in [6.45, 7) is 6.62. The fourth-order valence-corrected chi connectivity index (χ4v) is 3.52. The van der Waals surface area contributed by atoms with Crippen molar-refractivity contribution in [2.75, 3.05) is 19.6 Å². The predicted octanol–water partition coefficient (Wildman–Crippen LogP) is 1.46. The predicted molar refractivity (Wildman–Crippen MR) is 75.1 cm³/mol. The second kappa shape index (κ2) is 5.63. The molecule has 2 unspecified atom stereocenters. The molecule has 1 aromatic rings. The first kappa shape index (κ1) is 13.1. The van der Waals surface area contributed by atoms with Crippen LogP contribution < -0.4 is 0 Å². The van der Waals surface area contributed by atoms with Gasteiger partial charge in [-0.3, -0.25) is 0 Å². The summed E-state index contributed by atoms with van der Waals surface area (Å²) in [5, 5.41) is 9.83. The fraction of sp³-hybridized carbons (Fsp3) is 0.800. The van der Waals surface area contributed by atoms with Crippen molar-refractivity contribution in [3.8, 4) is 0 Å². The van der Waals surface area contributed by atoms with Crippen molar-refractivity contribution in [2.45, 2.75) is 51.7 Å². The number of rotatable bonds is 3. The van der Waals surface area contributed by atoms with Gasteiger partial charge in [-0.05, 0) is 44.7 Å². The second-order valence-electron chi connectivity index (χ2n) is 6.07. The van der Waals surface area contributed by atoms with Gasteiger partial charge in [0.15, 0.2) is 0 Å². The Morgan fingerprint density at radius 3 is 3.11 bits per heavy atom. The summed E-state index contributed by atoms with van der Waals surface area (Å²) < 4.78 is 2.26. The Morgan fingerprint density at radius 2 is 2.26 bits per heavy atom. The summed E-state index contributed by atoms with van der Waals surface area (Å²) in [6, 6.07) is 0. The van der Waals surface area contributed by atoms with Gasteiger partial charge >= 0.3 is 0 Å². The van der Waals surface area contributed by atoms with Gasteiger partial charge in [0.25, 0.3) is 0 Å². The maximum atomic E-state index is 9.83. The van der Waals surface area contributed by atoms with E-state index in [4.69, 9.17) is 0 Å². The van der Waals surface area contributed by atoms with Crippen LogP contribution in [-0.4, -0.2) is 45.3 Å². The van der Waals surface area contributed by atoms with E-state index < -0.39 is 0 Å². The molecule has 0 saturated carbocycles. The molecule has 3 heterocycles. The average molecular weight is 263 g/mol. The number of fused-ring (bicyclic) bond motifs is 1. The van der Waals surface area contributed by atoms with Gasteiger partial charge in [0.05, 0.1) is 12.6 Å². The van der Waals surface area contributed by atoms with E-state index in [-0.39, 0.29) is 6.10 Å². The molecule has 106 valence electrons. The highest BCUT2D eigenvalue weighted by Crippen LogP contribution is 2.23. The smallest absolute Gasteiger partial charge is 0.109 e. The molecule has 4 nitrogen and oxygen atoms in total. The van der Waals surface area contributed by atoms with Crippen molar-refractivity contribution >= 4 is 0 Å². The molecule has 0 bridgehead atoms. The Kier molecular flexibility index (Phi) is 3.89. The van der Waals surface area contributed by atoms with E-state index in [2.05, 4.69) is 21.4 Å². The number of nitrogens with zero attached hydrogens (tertiary/aromatic N) is 3. The van der Waals surface area contributed by atoms with E-state index >= 15 is 0 Å². The lowest BCUT2D eigenvalue weighted by molar-refractivity contribution is 0.128. The maximum absolute atomic E-state index is 9.83. The van der Waals surface area contributed by atoms with Gasteiger partial charge < -0.3 is 14.6 Å². The van der Waals surface area contributed by atoms with Crippen LogP contribution in [0.3, 0.4) is 0 Å². The zero-order chi connectivity index (χ0) is 13.2. The first-order chi connectivity index (χ1) is 9.26. The van der Waals surface area contributed by atoms with Crippen LogP contribution in [-0.2, 0) is 19.4 Å². The summed E-state index contributed by atoms with van der Waals surface area (Å²) in [5.74, 6) is 1.93. The standard InChI is InChI=1S/C15H25N3O/c1-2-17-7-3-4-12(10-17)8-15-16-9-13-5-6-14(19)11-18(13)15/h9,12,14,19H,2-8,10-11H2,1H3. The Hall–Kier alpha value is -0.870. The minimum atomic E-state index is -0.182. The molecular weight excluding hydrogens is 238 g/mol.